The van der Waals surface area contributed by atoms with E-state index in [1.807, 2.05) is 30.3 Å². The molecule has 0 aromatic heterocycles. The van der Waals surface area contributed by atoms with Crippen LogP contribution in [0.5, 0.6) is 0 Å². The van der Waals surface area contributed by atoms with E-state index in [1.165, 1.54) is 0 Å². The number of aldehydes is 1. The van der Waals surface area contributed by atoms with Crippen LogP contribution in [0.2, 0.25) is 6.04 Å². The maximum absolute atomic E-state index is 11.9. The molecule has 0 fully saturated rings. The van der Waals surface area contributed by atoms with Gasteiger partial charge < -0.3 is 13.6 Å². The molecule has 1 aromatic rings. The quantitative estimate of drug-likeness (QED) is 0.303. The van der Waals surface area contributed by atoms with E-state index in [0.717, 1.165) is 5.19 Å². The second-order valence-corrected chi connectivity index (χ2v) is 8.35. The Labute approximate surface area is 127 Å². The van der Waals surface area contributed by atoms with E-state index in [4.69, 9.17) is 8.85 Å². The number of benzene rings is 1. The summed E-state index contributed by atoms with van der Waals surface area (Å²) in [4.78, 5) is 23.1. The van der Waals surface area contributed by atoms with E-state index in [-0.39, 0.29) is 5.78 Å². The van der Waals surface area contributed by atoms with Crippen molar-refractivity contribution in [3.63, 3.8) is 0 Å². The summed E-state index contributed by atoms with van der Waals surface area (Å²) in [5.41, 5.74) is 0.397. The van der Waals surface area contributed by atoms with Crippen molar-refractivity contribution in [2.75, 3.05) is 14.2 Å². The molecule has 21 heavy (non-hydrogen) atoms. The van der Waals surface area contributed by atoms with Gasteiger partial charge in [-0.1, -0.05) is 36.9 Å². The molecule has 0 aliphatic heterocycles. The SMILES string of the molecule is C=C(C)C(=O)C(C=O)CC[Si](OC)(OC)c1ccccc1. The summed E-state index contributed by atoms with van der Waals surface area (Å²) < 4.78 is 11.4. The smallest absolute Gasteiger partial charge is 0.372 e. The number of Topliss-reactive ketones (excluding diaryl/α,β-unsaturated/α-hetero) is 1. The third-order valence-corrected chi connectivity index (χ3v) is 7.06. The van der Waals surface area contributed by atoms with Crippen molar-refractivity contribution in [2.45, 2.75) is 19.4 Å². The molecule has 1 aromatic carbocycles. The molecule has 0 amide bonds. The highest BCUT2D eigenvalue weighted by atomic mass is 28.4. The number of allylic oxidation sites excluding steroid dienone is 1. The van der Waals surface area contributed by atoms with Crippen LogP contribution in [0.3, 0.4) is 0 Å². The highest BCUT2D eigenvalue weighted by molar-refractivity contribution is 6.81. The Bertz CT molecular complexity index is 494. The Kier molecular flexibility index (Phi) is 6.68. The first kappa shape index (κ1) is 17.5. The predicted octanol–water partition coefficient (Wildman–Crippen LogP) is 1.98. The molecule has 0 aliphatic carbocycles. The molecule has 0 N–H and O–H groups in total. The van der Waals surface area contributed by atoms with Crippen LogP contribution in [0.1, 0.15) is 13.3 Å². The lowest BCUT2D eigenvalue weighted by Crippen LogP contribution is -2.52. The summed E-state index contributed by atoms with van der Waals surface area (Å²) in [6.45, 7) is 5.23. The molecular formula is C16H22O4Si. The molecule has 114 valence electrons. The Morgan fingerprint density at radius 3 is 2.29 bits per heavy atom. The predicted molar refractivity (Wildman–Crippen MR) is 84.6 cm³/mol. The highest BCUT2D eigenvalue weighted by Gasteiger charge is 2.39. The molecule has 0 radical (unpaired) electrons. The van der Waals surface area contributed by atoms with Crippen LogP contribution in [0.25, 0.3) is 0 Å². The minimum atomic E-state index is -2.62. The summed E-state index contributed by atoms with van der Waals surface area (Å²) in [6, 6.07) is 10.2. The highest BCUT2D eigenvalue weighted by Crippen LogP contribution is 2.20. The standard InChI is InChI=1S/C16H22O4Si/c1-13(2)16(18)14(12-17)10-11-21(19-3,20-4)15-8-6-5-7-9-15/h5-9,12,14H,1,10-11H2,2-4H3. The molecule has 0 heterocycles. The number of hydrogen-bond acceptors (Lipinski definition) is 4. The third-order valence-electron chi connectivity index (χ3n) is 3.58. The maximum atomic E-state index is 11.9. The van der Waals surface area contributed by atoms with Crippen molar-refractivity contribution >= 4 is 25.8 Å². The monoisotopic (exact) mass is 306 g/mol. The summed E-state index contributed by atoms with van der Waals surface area (Å²) in [5.74, 6) is -0.892. The van der Waals surface area contributed by atoms with Crippen LogP contribution in [0.4, 0.5) is 0 Å². The Morgan fingerprint density at radius 2 is 1.86 bits per heavy atom. The van der Waals surface area contributed by atoms with Gasteiger partial charge in [0.25, 0.3) is 0 Å². The van der Waals surface area contributed by atoms with Gasteiger partial charge in [0.2, 0.25) is 0 Å². The van der Waals surface area contributed by atoms with Gasteiger partial charge >= 0.3 is 8.56 Å². The summed E-state index contributed by atoms with van der Waals surface area (Å²) >= 11 is 0. The molecule has 5 heteroatoms. The molecule has 0 aliphatic rings. The van der Waals surface area contributed by atoms with Crippen molar-refractivity contribution in [3.05, 3.63) is 42.5 Å². The maximum Gasteiger partial charge on any atom is 0.372 e. The van der Waals surface area contributed by atoms with Crippen molar-refractivity contribution in [2.24, 2.45) is 5.92 Å². The fraction of sp³-hybridized carbons (Fsp3) is 0.375. The first-order valence-electron chi connectivity index (χ1n) is 6.81. The molecule has 1 atom stereocenters. The van der Waals surface area contributed by atoms with Gasteiger partial charge in [-0.15, -0.1) is 0 Å². The van der Waals surface area contributed by atoms with Crippen molar-refractivity contribution in [1.29, 1.82) is 0 Å². The van der Waals surface area contributed by atoms with E-state index in [2.05, 4.69) is 6.58 Å². The lowest BCUT2D eigenvalue weighted by Gasteiger charge is -2.28. The third kappa shape index (κ3) is 4.20. The summed E-state index contributed by atoms with van der Waals surface area (Å²) in [6.07, 6.45) is 1.09. The molecular weight excluding hydrogens is 284 g/mol. The Hall–Kier alpha value is -1.56. The van der Waals surface area contributed by atoms with Gasteiger partial charge in [-0.3, -0.25) is 4.79 Å². The molecule has 4 nitrogen and oxygen atoms in total. The van der Waals surface area contributed by atoms with E-state index in [0.29, 0.717) is 24.3 Å². The average molecular weight is 306 g/mol. The minimum Gasteiger partial charge on any atom is -0.394 e. The summed E-state index contributed by atoms with van der Waals surface area (Å²) in [5, 5.41) is 0.988. The average Bonchev–Trinajstić information content (AvgIpc) is 2.52. The molecule has 1 rings (SSSR count). The molecule has 0 saturated heterocycles. The second-order valence-electron chi connectivity index (χ2n) is 4.95. The fourth-order valence-electron chi connectivity index (χ4n) is 2.28. The van der Waals surface area contributed by atoms with E-state index in [9.17, 15) is 9.59 Å². The van der Waals surface area contributed by atoms with Gasteiger partial charge in [0.15, 0.2) is 5.78 Å². The molecule has 0 saturated carbocycles. The minimum absolute atomic E-state index is 0.215. The van der Waals surface area contributed by atoms with Crippen LogP contribution in [-0.2, 0) is 18.4 Å². The Balaban J connectivity index is 2.91. The van der Waals surface area contributed by atoms with Crippen LogP contribution in [0.15, 0.2) is 42.5 Å². The normalized spacial score (nSPS) is 12.7. The van der Waals surface area contributed by atoms with Crippen LogP contribution >= 0.6 is 0 Å². The Morgan fingerprint density at radius 1 is 1.29 bits per heavy atom. The van der Waals surface area contributed by atoms with E-state index >= 15 is 0 Å². The van der Waals surface area contributed by atoms with Gasteiger partial charge in [-0.25, -0.2) is 0 Å². The van der Waals surface area contributed by atoms with Gasteiger partial charge in [0, 0.05) is 14.2 Å². The van der Waals surface area contributed by atoms with Crippen LogP contribution in [-0.4, -0.2) is 34.8 Å². The zero-order valence-corrected chi connectivity index (χ0v) is 13.8. The van der Waals surface area contributed by atoms with Crippen molar-refractivity contribution < 1.29 is 18.4 Å². The van der Waals surface area contributed by atoms with Crippen molar-refractivity contribution in [1.82, 2.24) is 0 Å². The zero-order chi connectivity index (χ0) is 15.9. The van der Waals surface area contributed by atoms with Crippen LogP contribution in [0, 0.1) is 5.92 Å². The zero-order valence-electron chi connectivity index (χ0n) is 12.8. The van der Waals surface area contributed by atoms with Gasteiger partial charge in [0.05, 0.1) is 5.92 Å². The molecule has 0 bridgehead atoms. The summed E-state index contributed by atoms with van der Waals surface area (Å²) in [7, 11) is 0.601. The number of carbonyl (C=O) groups is 2. The van der Waals surface area contributed by atoms with E-state index in [1.54, 1.807) is 21.1 Å². The first-order chi connectivity index (χ1) is 10.0. The lowest BCUT2D eigenvalue weighted by molar-refractivity contribution is -0.124. The van der Waals surface area contributed by atoms with Crippen molar-refractivity contribution in [3.8, 4) is 0 Å². The molecule has 0 spiro atoms. The van der Waals surface area contributed by atoms with Crippen LogP contribution < -0.4 is 5.19 Å². The number of carbonyl (C=O) groups excluding carboxylic acids is 2. The largest absolute Gasteiger partial charge is 0.394 e. The topological polar surface area (TPSA) is 52.6 Å². The van der Waals surface area contributed by atoms with Gasteiger partial charge in [0.1, 0.15) is 6.29 Å². The number of hydrogen-bond donors (Lipinski definition) is 0. The first-order valence-corrected chi connectivity index (χ1v) is 8.84. The second kappa shape index (κ2) is 8.02. The lowest BCUT2D eigenvalue weighted by atomic mass is 9.98. The van der Waals surface area contributed by atoms with Gasteiger partial charge in [-0.2, -0.15) is 0 Å². The number of rotatable bonds is 9. The van der Waals surface area contributed by atoms with Gasteiger partial charge in [-0.05, 0) is 30.1 Å². The fourth-order valence-corrected chi connectivity index (χ4v) is 5.01. The molecule has 1 unspecified atom stereocenters. The number of ketones is 1. The van der Waals surface area contributed by atoms with E-state index < -0.39 is 14.5 Å².